The molecule has 0 aromatic heterocycles. The second kappa shape index (κ2) is 18.5. The van der Waals surface area contributed by atoms with Gasteiger partial charge in [0, 0.05) is 13.2 Å². The van der Waals surface area contributed by atoms with E-state index >= 15 is 0 Å². The minimum absolute atomic E-state index is 0.701. The zero-order chi connectivity index (χ0) is 19.4. The Morgan fingerprint density at radius 2 is 1.33 bits per heavy atom. The molecule has 3 heteroatoms. The zero-order valence-electron chi connectivity index (χ0n) is 17.9. The summed E-state index contributed by atoms with van der Waals surface area (Å²) in [5.74, 6) is 0. The number of nitrogens with one attached hydrogen (secondary N) is 1. The number of rotatable bonds is 19. The van der Waals surface area contributed by atoms with Crippen LogP contribution in [-0.4, -0.2) is 39.5 Å². The van der Waals surface area contributed by atoms with Gasteiger partial charge in [-0.1, -0.05) is 70.2 Å². The first-order chi connectivity index (χ1) is 13.4. The lowest BCUT2D eigenvalue weighted by Gasteiger charge is -2.08. The molecular formula is C24H43NO2. The zero-order valence-corrected chi connectivity index (χ0v) is 17.9. The van der Waals surface area contributed by atoms with Crippen LogP contribution in [0.5, 0.6) is 0 Å². The largest absolute Gasteiger partial charge is 0.379 e. The van der Waals surface area contributed by atoms with Crippen LogP contribution in [0, 0.1) is 0 Å². The van der Waals surface area contributed by atoms with E-state index in [1.165, 1.54) is 62.5 Å². The third-order valence-corrected chi connectivity index (χ3v) is 4.77. The first kappa shape index (κ1) is 24.1. The highest BCUT2D eigenvalue weighted by Gasteiger charge is 1.98. The van der Waals surface area contributed by atoms with E-state index in [4.69, 9.17) is 9.47 Å². The maximum atomic E-state index is 5.54. The molecule has 27 heavy (non-hydrogen) atoms. The normalized spacial score (nSPS) is 11.2. The molecule has 0 fully saturated rings. The van der Waals surface area contributed by atoms with Gasteiger partial charge in [-0.05, 0) is 49.8 Å². The minimum atomic E-state index is 0.701. The van der Waals surface area contributed by atoms with Crippen LogP contribution in [-0.2, 0) is 22.3 Å². The Kier molecular flexibility index (Phi) is 16.5. The first-order valence-corrected chi connectivity index (χ1v) is 11.3. The van der Waals surface area contributed by atoms with Gasteiger partial charge in [0.2, 0.25) is 0 Å². The van der Waals surface area contributed by atoms with Crippen LogP contribution in [0.2, 0.25) is 0 Å². The van der Waals surface area contributed by atoms with Gasteiger partial charge in [-0.25, -0.2) is 0 Å². The lowest BCUT2D eigenvalue weighted by Crippen LogP contribution is -2.22. The van der Waals surface area contributed by atoms with Gasteiger partial charge in [0.1, 0.15) is 0 Å². The summed E-state index contributed by atoms with van der Waals surface area (Å²) in [5, 5.41) is 3.47. The Hall–Kier alpha value is -0.900. The molecule has 0 radical (unpaired) electrons. The summed E-state index contributed by atoms with van der Waals surface area (Å²) in [6.45, 7) is 9.39. The van der Waals surface area contributed by atoms with Crippen LogP contribution in [0.1, 0.15) is 76.3 Å². The molecule has 1 N–H and O–H groups in total. The molecule has 156 valence electrons. The highest BCUT2D eigenvalue weighted by Crippen LogP contribution is 2.12. The van der Waals surface area contributed by atoms with Gasteiger partial charge in [-0.3, -0.25) is 0 Å². The van der Waals surface area contributed by atoms with E-state index in [2.05, 4.69) is 43.4 Å². The number of aryl methyl sites for hydroxylation is 2. The first-order valence-electron chi connectivity index (χ1n) is 11.3. The van der Waals surface area contributed by atoms with Gasteiger partial charge in [0.15, 0.2) is 0 Å². The van der Waals surface area contributed by atoms with Crippen LogP contribution < -0.4 is 5.32 Å². The third kappa shape index (κ3) is 14.8. The van der Waals surface area contributed by atoms with E-state index in [1.54, 1.807) is 0 Å². The predicted octanol–water partition coefficient (Wildman–Crippen LogP) is 5.56. The van der Waals surface area contributed by atoms with Gasteiger partial charge in [0.25, 0.3) is 0 Å². The second-order valence-electron chi connectivity index (χ2n) is 7.42. The van der Waals surface area contributed by atoms with E-state index in [0.717, 1.165) is 39.1 Å². The third-order valence-electron chi connectivity index (χ3n) is 4.77. The number of ether oxygens (including phenoxy) is 2. The molecule has 0 bridgehead atoms. The Morgan fingerprint density at radius 1 is 0.667 bits per heavy atom. The molecule has 0 unspecified atom stereocenters. The lowest BCUT2D eigenvalue weighted by molar-refractivity contribution is 0.0491. The van der Waals surface area contributed by atoms with Crippen LogP contribution in [0.15, 0.2) is 24.3 Å². The summed E-state index contributed by atoms with van der Waals surface area (Å²) >= 11 is 0. The van der Waals surface area contributed by atoms with Crippen LogP contribution in [0.25, 0.3) is 0 Å². The molecule has 0 spiro atoms. The highest BCUT2D eigenvalue weighted by molar-refractivity contribution is 5.23. The Labute approximate surface area is 168 Å². The van der Waals surface area contributed by atoms with Crippen molar-refractivity contribution in [2.24, 2.45) is 0 Å². The van der Waals surface area contributed by atoms with Crippen molar-refractivity contribution in [3.63, 3.8) is 0 Å². The average Bonchev–Trinajstić information content (AvgIpc) is 2.69. The molecule has 0 aliphatic heterocycles. The molecule has 1 aromatic rings. The summed E-state index contributed by atoms with van der Waals surface area (Å²) in [6.07, 6.45) is 12.9. The number of hydrogen-bond acceptors (Lipinski definition) is 3. The maximum absolute atomic E-state index is 5.54. The van der Waals surface area contributed by atoms with Gasteiger partial charge < -0.3 is 14.8 Å². The van der Waals surface area contributed by atoms with Crippen molar-refractivity contribution in [3.8, 4) is 0 Å². The molecule has 0 saturated carbocycles. The van der Waals surface area contributed by atoms with E-state index in [9.17, 15) is 0 Å². The lowest BCUT2D eigenvalue weighted by atomic mass is 10.0. The molecule has 1 aromatic carbocycles. The molecule has 3 nitrogen and oxygen atoms in total. The van der Waals surface area contributed by atoms with Crippen molar-refractivity contribution in [1.82, 2.24) is 5.32 Å². The van der Waals surface area contributed by atoms with Gasteiger partial charge in [-0.2, -0.15) is 0 Å². The van der Waals surface area contributed by atoms with Gasteiger partial charge in [0.05, 0.1) is 19.8 Å². The fourth-order valence-electron chi connectivity index (χ4n) is 3.20. The highest BCUT2D eigenvalue weighted by atomic mass is 16.5. The van der Waals surface area contributed by atoms with Crippen LogP contribution in [0.3, 0.4) is 0 Å². The molecule has 1 rings (SSSR count). The molecule has 0 saturated heterocycles. The molecule has 0 atom stereocenters. The maximum Gasteiger partial charge on any atom is 0.0701 e. The van der Waals surface area contributed by atoms with Crippen molar-refractivity contribution < 1.29 is 9.47 Å². The van der Waals surface area contributed by atoms with Gasteiger partial charge >= 0.3 is 0 Å². The van der Waals surface area contributed by atoms with Crippen molar-refractivity contribution in [1.29, 1.82) is 0 Å². The Balaban J connectivity index is 1.99. The van der Waals surface area contributed by atoms with E-state index < -0.39 is 0 Å². The predicted molar refractivity (Wildman–Crippen MR) is 117 cm³/mol. The summed E-state index contributed by atoms with van der Waals surface area (Å²) < 4.78 is 10.9. The number of benzene rings is 1. The van der Waals surface area contributed by atoms with Crippen molar-refractivity contribution in [2.45, 2.75) is 78.1 Å². The Bertz CT molecular complexity index is 436. The number of unbranched alkanes of at least 4 members (excludes halogenated alkanes) is 5. The SMILES string of the molecule is CCCCCCCCc1cccc(CCCNCCOCCOCCC)c1. The standard InChI is InChI=1S/C24H43NO2/c1-3-5-6-7-8-9-12-23-13-10-14-24(22-23)15-11-16-25-17-19-27-21-20-26-18-4-2/h10,13-14,22,25H,3-9,11-12,15-21H2,1-2H3. The summed E-state index contributed by atoms with van der Waals surface area (Å²) in [7, 11) is 0. The fourth-order valence-corrected chi connectivity index (χ4v) is 3.20. The van der Waals surface area contributed by atoms with E-state index in [0.29, 0.717) is 13.2 Å². The second-order valence-corrected chi connectivity index (χ2v) is 7.42. The quantitative estimate of drug-likeness (QED) is 0.320. The molecule has 0 heterocycles. The molecule has 0 aliphatic rings. The summed E-state index contributed by atoms with van der Waals surface area (Å²) in [5.41, 5.74) is 2.99. The van der Waals surface area contributed by atoms with Crippen LogP contribution >= 0.6 is 0 Å². The van der Waals surface area contributed by atoms with Crippen molar-refractivity contribution in [2.75, 3.05) is 39.5 Å². The topological polar surface area (TPSA) is 30.5 Å². The minimum Gasteiger partial charge on any atom is -0.379 e. The molecular weight excluding hydrogens is 334 g/mol. The average molecular weight is 378 g/mol. The number of hydrogen-bond donors (Lipinski definition) is 1. The monoisotopic (exact) mass is 377 g/mol. The van der Waals surface area contributed by atoms with Crippen LogP contribution in [0.4, 0.5) is 0 Å². The van der Waals surface area contributed by atoms with Crippen molar-refractivity contribution in [3.05, 3.63) is 35.4 Å². The fraction of sp³-hybridized carbons (Fsp3) is 0.750. The molecule has 0 aliphatic carbocycles. The van der Waals surface area contributed by atoms with Crippen molar-refractivity contribution >= 4 is 0 Å². The summed E-state index contributed by atoms with van der Waals surface area (Å²) in [6, 6.07) is 9.19. The molecule has 0 amide bonds. The Morgan fingerprint density at radius 3 is 2.07 bits per heavy atom. The van der Waals surface area contributed by atoms with E-state index in [-0.39, 0.29) is 0 Å². The smallest absolute Gasteiger partial charge is 0.0701 e. The van der Waals surface area contributed by atoms with Gasteiger partial charge in [-0.15, -0.1) is 0 Å². The van der Waals surface area contributed by atoms with E-state index in [1.807, 2.05) is 0 Å². The summed E-state index contributed by atoms with van der Waals surface area (Å²) in [4.78, 5) is 0.